The molecule has 0 saturated carbocycles. The summed E-state index contributed by atoms with van der Waals surface area (Å²) in [7, 11) is 0. The Morgan fingerprint density at radius 2 is 1.82 bits per heavy atom. The first kappa shape index (κ1) is 30.0. The van der Waals surface area contributed by atoms with Crippen LogP contribution in [0.3, 0.4) is 0 Å². The van der Waals surface area contributed by atoms with Crippen molar-refractivity contribution in [2.45, 2.75) is 63.5 Å². The molecule has 44 heavy (non-hydrogen) atoms. The molecule has 2 N–H and O–H groups in total. The summed E-state index contributed by atoms with van der Waals surface area (Å²) < 4.78 is 12.2. The van der Waals surface area contributed by atoms with Gasteiger partial charge in [0.05, 0.1) is 31.2 Å². The lowest BCUT2D eigenvalue weighted by Gasteiger charge is -2.40. The second-order valence-electron chi connectivity index (χ2n) is 12.5. The molecule has 0 radical (unpaired) electrons. The third-order valence-corrected chi connectivity index (χ3v) is 9.34. The lowest BCUT2D eigenvalue weighted by Crippen LogP contribution is -2.59. The molecular formula is C34H39N3O7. The Morgan fingerprint density at radius 1 is 1.05 bits per heavy atom. The Labute approximate surface area is 256 Å². The van der Waals surface area contributed by atoms with Gasteiger partial charge in [0, 0.05) is 18.7 Å². The van der Waals surface area contributed by atoms with Crippen molar-refractivity contribution in [1.29, 1.82) is 0 Å². The first-order valence-corrected chi connectivity index (χ1v) is 15.4. The van der Waals surface area contributed by atoms with Crippen molar-refractivity contribution in [3.05, 3.63) is 66.8 Å². The molecule has 232 valence electrons. The molecule has 5 bridgehead atoms. The summed E-state index contributed by atoms with van der Waals surface area (Å²) in [6, 6.07) is 11.8. The van der Waals surface area contributed by atoms with Gasteiger partial charge < -0.3 is 29.7 Å². The first-order chi connectivity index (χ1) is 21.2. The number of ether oxygens (including phenoxy) is 2. The summed E-state index contributed by atoms with van der Waals surface area (Å²) in [6.45, 7) is 5.42. The quantitative estimate of drug-likeness (QED) is 0.408. The van der Waals surface area contributed by atoms with Gasteiger partial charge in [-0.3, -0.25) is 19.2 Å². The van der Waals surface area contributed by atoms with Crippen LogP contribution in [-0.2, 0) is 28.7 Å². The number of benzene rings is 2. The lowest BCUT2D eigenvalue weighted by molar-refractivity contribution is -0.159. The molecule has 0 aliphatic carbocycles. The Morgan fingerprint density at radius 3 is 2.57 bits per heavy atom. The van der Waals surface area contributed by atoms with E-state index in [1.807, 2.05) is 68.5 Å². The molecule has 2 saturated heterocycles. The maximum Gasteiger partial charge on any atom is 0.313 e. The fraction of sp³-hybridized carbons (Fsp3) is 0.471. The molecule has 4 aliphatic rings. The van der Waals surface area contributed by atoms with Crippen LogP contribution in [0.5, 0.6) is 0 Å². The van der Waals surface area contributed by atoms with E-state index in [4.69, 9.17) is 9.47 Å². The number of aliphatic hydroxyl groups excluding tert-OH is 1. The van der Waals surface area contributed by atoms with Gasteiger partial charge in [-0.2, -0.15) is 0 Å². The number of hydrogen-bond acceptors (Lipinski definition) is 7. The van der Waals surface area contributed by atoms with Gasteiger partial charge in [-0.1, -0.05) is 68.5 Å². The fourth-order valence-electron chi connectivity index (χ4n) is 7.13. The number of allylic oxidation sites excluding steroid dienone is 1. The van der Waals surface area contributed by atoms with E-state index >= 15 is 0 Å². The number of hydrogen-bond donors (Lipinski definition) is 2. The molecule has 6 rings (SSSR count). The van der Waals surface area contributed by atoms with E-state index in [2.05, 4.69) is 5.32 Å². The van der Waals surface area contributed by atoms with E-state index in [0.29, 0.717) is 12.1 Å². The van der Waals surface area contributed by atoms with E-state index in [-0.39, 0.29) is 43.8 Å². The average Bonchev–Trinajstić information content (AvgIpc) is 3.65. The van der Waals surface area contributed by atoms with Gasteiger partial charge in [0.15, 0.2) is 0 Å². The molecule has 4 aliphatic heterocycles. The van der Waals surface area contributed by atoms with Crippen molar-refractivity contribution in [1.82, 2.24) is 10.2 Å². The molecule has 10 nitrogen and oxygen atoms in total. The highest BCUT2D eigenvalue weighted by Crippen LogP contribution is 2.56. The van der Waals surface area contributed by atoms with Crippen LogP contribution in [0.25, 0.3) is 10.8 Å². The fourth-order valence-corrected chi connectivity index (χ4v) is 7.13. The number of nitrogens with zero attached hydrogens (tertiary/aromatic N) is 2. The summed E-state index contributed by atoms with van der Waals surface area (Å²) in [5, 5.41) is 15.3. The van der Waals surface area contributed by atoms with Crippen LogP contribution in [0, 0.1) is 17.8 Å². The molecule has 2 aromatic rings. The molecular weight excluding hydrogens is 562 g/mol. The minimum absolute atomic E-state index is 0.134. The highest BCUT2D eigenvalue weighted by molar-refractivity contribution is 6.06. The van der Waals surface area contributed by atoms with E-state index in [1.54, 1.807) is 24.0 Å². The number of cyclic esters (lactones) is 1. The molecule has 0 unspecified atom stereocenters. The van der Waals surface area contributed by atoms with Gasteiger partial charge in [0.1, 0.15) is 23.7 Å². The van der Waals surface area contributed by atoms with Gasteiger partial charge in [-0.25, -0.2) is 0 Å². The van der Waals surface area contributed by atoms with Crippen LogP contribution in [0.4, 0.5) is 5.69 Å². The summed E-state index contributed by atoms with van der Waals surface area (Å²) >= 11 is 0. The second-order valence-corrected chi connectivity index (χ2v) is 12.5. The lowest BCUT2D eigenvalue weighted by atomic mass is 9.74. The normalized spacial score (nSPS) is 32.2. The third-order valence-electron chi connectivity index (χ3n) is 9.34. The Balaban J connectivity index is 1.49. The number of anilines is 1. The average molecular weight is 602 g/mol. The van der Waals surface area contributed by atoms with Crippen molar-refractivity contribution in [3.63, 3.8) is 0 Å². The van der Waals surface area contributed by atoms with E-state index in [9.17, 15) is 24.3 Å². The van der Waals surface area contributed by atoms with E-state index in [0.717, 1.165) is 10.8 Å². The van der Waals surface area contributed by atoms with Crippen LogP contribution >= 0.6 is 0 Å². The highest BCUT2D eigenvalue weighted by atomic mass is 16.6. The smallest absolute Gasteiger partial charge is 0.313 e. The van der Waals surface area contributed by atoms with E-state index < -0.39 is 53.6 Å². The van der Waals surface area contributed by atoms with Crippen LogP contribution in [-0.4, -0.2) is 83.3 Å². The molecule has 4 heterocycles. The maximum absolute atomic E-state index is 15.0. The first-order valence-electron chi connectivity index (χ1n) is 15.4. The van der Waals surface area contributed by atoms with Gasteiger partial charge in [-0.05, 0) is 42.2 Å². The topological polar surface area (TPSA) is 125 Å². The van der Waals surface area contributed by atoms with Gasteiger partial charge in [0.25, 0.3) is 5.91 Å². The van der Waals surface area contributed by atoms with Gasteiger partial charge in [-0.15, -0.1) is 0 Å². The number of aliphatic hydroxyl groups is 1. The van der Waals surface area contributed by atoms with E-state index in [1.165, 1.54) is 4.90 Å². The molecule has 2 aromatic carbocycles. The number of amides is 3. The summed E-state index contributed by atoms with van der Waals surface area (Å²) in [5.41, 5.74) is -0.776. The standard InChI is InChI=1S/C34H39N3O7/c1-20(2)25(19-38)37-30-32(41)36(24-13-12-22-9-6-7-10-23(22)17-24)16-8-4-5-11-27(39)35-18-21(3)43-33(42)28-26-14-15-34(30,44-26)29(28)31(37)40/h4,6-10,12-15,17,20-21,25-26,28-30,38H,5,11,16,18-19H2,1-3H3,(H,35,39)/b8-4-/t21-,25-,26+,28-,29-,30+,34-/m0/s1. The Hall–Kier alpha value is -4.02. The summed E-state index contributed by atoms with van der Waals surface area (Å²) in [5.74, 6) is -3.74. The molecule has 3 amide bonds. The van der Waals surface area contributed by atoms with Gasteiger partial charge >= 0.3 is 5.97 Å². The highest BCUT2D eigenvalue weighted by Gasteiger charge is 2.74. The van der Waals surface area contributed by atoms with Crippen molar-refractivity contribution in [2.75, 3.05) is 24.6 Å². The maximum atomic E-state index is 15.0. The number of likely N-dealkylation sites (tertiary alicyclic amines) is 1. The largest absolute Gasteiger partial charge is 0.460 e. The van der Waals surface area contributed by atoms with Crippen LogP contribution in [0.1, 0.15) is 33.6 Å². The Bertz CT molecular complexity index is 1540. The number of nitrogens with one attached hydrogen (secondary N) is 1. The zero-order chi connectivity index (χ0) is 31.2. The zero-order valence-electron chi connectivity index (χ0n) is 25.2. The molecule has 10 heteroatoms. The number of carbonyl (C=O) groups is 4. The van der Waals surface area contributed by atoms with Crippen LogP contribution < -0.4 is 10.2 Å². The van der Waals surface area contributed by atoms with Crippen molar-refractivity contribution >= 4 is 40.2 Å². The summed E-state index contributed by atoms with van der Waals surface area (Å²) in [4.78, 5) is 58.5. The molecule has 2 fully saturated rings. The van der Waals surface area contributed by atoms with Crippen LogP contribution in [0.15, 0.2) is 66.8 Å². The van der Waals surface area contributed by atoms with Crippen LogP contribution in [0.2, 0.25) is 0 Å². The minimum Gasteiger partial charge on any atom is -0.460 e. The molecule has 1 spiro atoms. The predicted molar refractivity (Wildman–Crippen MR) is 163 cm³/mol. The van der Waals surface area contributed by atoms with Crippen molar-refractivity contribution in [2.24, 2.45) is 17.8 Å². The molecule has 7 atom stereocenters. The minimum atomic E-state index is -1.41. The SMILES string of the molecule is CC(C)[C@H](CO)N1C(=O)[C@@H]2[C@H]3C(=O)O[C@@H](C)CNC(=O)CC/C=C\CN(c4ccc5ccccc5c4)C(=O)[C@@H]1[C@]21C=C[C@H]3O1. The monoisotopic (exact) mass is 601 g/mol. The third kappa shape index (κ3) is 4.99. The number of esters is 1. The second kappa shape index (κ2) is 11.8. The van der Waals surface area contributed by atoms with Crippen molar-refractivity contribution < 1.29 is 33.8 Å². The van der Waals surface area contributed by atoms with Gasteiger partial charge in [0.2, 0.25) is 11.8 Å². The number of carbonyl (C=O) groups excluding carboxylic acids is 4. The number of rotatable bonds is 4. The summed E-state index contributed by atoms with van der Waals surface area (Å²) in [6.07, 6.45) is 6.53. The van der Waals surface area contributed by atoms with Crippen molar-refractivity contribution in [3.8, 4) is 0 Å². The Kier molecular flexibility index (Phi) is 8.06. The zero-order valence-corrected chi connectivity index (χ0v) is 25.2. The molecule has 0 aromatic heterocycles. The predicted octanol–water partition coefficient (Wildman–Crippen LogP) is 2.74. The number of fused-ring (bicyclic) bond motifs is 3.